The number of nitrogens with zero attached hydrogens (tertiary/aromatic N) is 2. The van der Waals surface area contributed by atoms with E-state index in [9.17, 15) is 8.78 Å². The molecular formula is C15H11F2N3. The molecule has 0 atom stereocenters. The number of hydrogen-bond donors (Lipinski definition) is 1. The van der Waals surface area contributed by atoms with Crippen LogP contribution >= 0.6 is 0 Å². The maximum Gasteiger partial charge on any atom is 0.142 e. The van der Waals surface area contributed by atoms with Gasteiger partial charge in [0, 0.05) is 11.6 Å². The minimum absolute atomic E-state index is 0.108. The van der Waals surface area contributed by atoms with Crippen molar-refractivity contribution < 1.29 is 8.78 Å². The lowest BCUT2D eigenvalue weighted by atomic mass is 10.0. The third kappa shape index (κ3) is 2.21. The summed E-state index contributed by atoms with van der Waals surface area (Å²) in [6.45, 7) is 0. The first-order valence-corrected chi connectivity index (χ1v) is 6.25. The topological polar surface area (TPSA) is 62.7 Å². The Balaban J connectivity index is 2.17. The molecule has 0 amide bonds. The van der Waals surface area contributed by atoms with Gasteiger partial charge in [0.05, 0.1) is 11.3 Å². The van der Waals surface area contributed by atoms with Crippen molar-refractivity contribution in [2.24, 2.45) is 0 Å². The molecule has 0 radical (unpaired) electrons. The van der Waals surface area contributed by atoms with Gasteiger partial charge in [-0.15, -0.1) is 0 Å². The number of halogens is 2. The summed E-state index contributed by atoms with van der Waals surface area (Å²) in [7, 11) is 0. The molecule has 3 rings (SSSR count). The van der Waals surface area contributed by atoms with E-state index in [1.165, 1.54) is 12.1 Å². The van der Waals surface area contributed by atoms with Gasteiger partial charge in [0.2, 0.25) is 0 Å². The number of nitriles is 1. The number of anilines is 1. The average Bonchev–Trinajstić information content (AvgIpc) is 3.20. The van der Waals surface area contributed by atoms with Crippen molar-refractivity contribution in [3.8, 4) is 17.3 Å². The zero-order valence-electron chi connectivity index (χ0n) is 10.5. The first kappa shape index (κ1) is 12.5. The number of rotatable bonds is 2. The first-order valence-electron chi connectivity index (χ1n) is 6.25. The van der Waals surface area contributed by atoms with Crippen molar-refractivity contribution in [2.75, 3.05) is 5.73 Å². The van der Waals surface area contributed by atoms with Crippen molar-refractivity contribution in [1.82, 2.24) is 4.98 Å². The highest BCUT2D eigenvalue weighted by molar-refractivity contribution is 5.67. The predicted octanol–water partition coefficient (Wildman–Crippen LogP) is 3.36. The Hall–Kier alpha value is -2.48. The van der Waals surface area contributed by atoms with Gasteiger partial charge in [0.1, 0.15) is 23.5 Å². The maximum absolute atomic E-state index is 13.3. The van der Waals surface area contributed by atoms with Crippen LogP contribution in [0, 0.1) is 23.0 Å². The molecule has 0 unspecified atom stereocenters. The summed E-state index contributed by atoms with van der Waals surface area (Å²) in [5.74, 6) is -0.931. The fourth-order valence-electron chi connectivity index (χ4n) is 2.27. The van der Waals surface area contributed by atoms with Crippen LogP contribution in [0.25, 0.3) is 11.3 Å². The van der Waals surface area contributed by atoms with Crippen molar-refractivity contribution in [2.45, 2.75) is 18.8 Å². The van der Waals surface area contributed by atoms with Gasteiger partial charge in [-0.25, -0.2) is 13.8 Å². The summed E-state index contributed by atoms with van der Waals surface area (Å²) in [5, 5.41) is 9.14. The molecule has 5 heteroatoms. The van der Waals surface area contributed by atoms with E-state index in [-0.39, 0.29) is 5.82 Å². The largest absolute Gasteiger partial charge is 0.383 e. The molecule has 1 aliphatic carbocycles. The third-order valence-electron chi connectivity index (χ3n) is 3.37. The molecule has 2 aromatic rings. The molecule has 100 valence electrons. The highest BCUT2D eigenvalue weighted by atomic mass is 19.1. The van der Waals surface area contributed by atoms with Gasteiger partial charge in [0.25, 0.3) is 0 Å². The van der Waals surface area contributed by atoms with E-state index in [0.29, 0.717) is 22.7 Å². The summed E-state index contributed by atoms with van der Waals surface area (Å²) in [6.07, 6.45) is 1.99. The van der Waals surface area contributed by atoms with Gasteiger partial charge in [-0.05, 0) is 42.5 Å². The van der Waals surface area contributed by atoms with Crippen LogP contribution < -0.4 is 5.73 Å². The smallest absolute Gasteiger partial charge is 0.142 e. The van der Waals surface area contributed by atoms with Crippen molar-refractivity contribution in [3.63, 3.8) is 0 Å². The van der Waals surface area contributed by atoms with Gasteiger partial charge in [-0.3, -0.25) is 0 Å². The molecule has 1 aromatic carbocycles. The van der Waals surface area contributed by atoms with Gasteiger partial charge in [-0.2, -0.15) is 5.26 Å². The number of aromatic nitrogens is 1. The molecule has 1 aliphatic rings. The van der Waals surface area contributed by atoms with Gasteiger partial charge < -0.3 is 5.73 Å². The van der Waals surface area contributed by atoms with E-state index in [0.717, 1.165) is 24.5 Å². The molecule has 20 heavy (non-hydrogen) atoms. The molecule has 1 aromatic heterocycles. The van der Waals surface area contributed by atoms with Crippen LogP contribution in [0.1, 0.15) is 29.9 Å². The van der Waals surface area contributed by atoms with Crippen LogP contribution in [-0.4, -0.2) is 4.98 Å². The summed E-state index contributed by atoms with van der Waals surface area (Å²) in [6, 6.07) is 6.97. The minimum Gasteiger partial charge on any atom is -0.383 e. The molecule has 1 saturated carbocycles. The lowest BCUT2D eigenvalue weighted by Gasteiger charge is -2.09. The molecule has 0 aliphatic heterocycles. The van der Waals surface area contributed by atoms with E-state index in [1.54, 1.807) is 6.07 Å². The van der Waals surface area contributed by atoms with Crippen LogP contribution in [-0.2, 0) is 0 Å². The van der Waals surface area contributed by atoms with E-state index in [2.05, 4.69) is 11.1 Å². The summed E-state index contributed by atoms with van der Waals surface area (Å²) >= 11 is 0. The zero-order chi connectivity index (χ0) is 14.3. The summed E-state index contributed by atoms with van der Waals surface area (Å²) in [4.78, 5) is 4.09. The second-order valence-corrected chi connectivity index (χ2v) is 4.90. The lowest BCUT2D eigenvalue weighted by molar-refractivity contribution is 0.584. The van der Waals surface area contributed by atoms with Crippen LogP contribution in [0.4, 0.5) is 14.6 Å². The van der Waals surface area contributed by atoms with Crippen LogP contribution in [0.15, 0.2) is 24.3 Å². The highest BCUT2D eigenvalue weighted by Crippen LogP contribution is 2.43. The SMILES string of the molecule is N#Cc1c(C2CC2)cc(-c2cc(F)cc(F)c2)nc1N. The fraction of sp³-hybridized carbons (Fsp3) is 0.200. The molecule has 2 N–H and O–H groups in total. The minimum atomic E-state index is -0.669. The molecule has 0 spiro atoms. The maximum atomic E-state index is 13.3. The first-order chi connectivity index (χ1) is 9.58. The monoisotopic (exact) mass is 271 g/mol. The molecular weight excluding hydrogens is 260 g/mol. The average molecular weight is 271 g/mol. The standard InChI is InChI=1S/C15H11F2N3/c16-10-3-9(4-11(17)5-10)14-6-12(8-1-2-8)13(7-18)15(19)20-14/h3-6,8H,1-2H2,(H2,19,20). The molecule has 0 saturated heterocycles. The Morgan fingerprint density at radius 2 is 1.80 bits per heavy atom. The number of pyridine rings is 1. The van der Waals surface area contributed by atoms with Crippen LogP contribution in [0.3, 0.4) is 0 Å². The Labute approximate surface area is 114 Å². The Kier molecular flexibility index (Phi) is 2.87. The predicted molar refractivity (Wildman–Crippen MR) is 70.7 cm³/mol. The second kappa shape index (κ2) is 4.57. The zero-order valence-corrected chi connectivity index (χ0v) is 10.5. The Morgan fingerprint density at radius 1 is 1.15 bits per heavy atom. The number of nitrogens with two attached hydrogens (primary N) is 1. The van der Waals surface area contributed by atoms with Gasteiger partial charge in [0.15, 0.2) is 0 Å². The highest BCUT2D eigenvalue weighted by Gasteiger charge is 2.28. The van der Waals surface area contributed by atoms with Crippen LogP contribution in [0.2, 0.25) is 0 Å². The molecule has 0 bridgehead atoms. The van der Waals surface area contributed by atoms with E-state index in [4.69, 9.17) is 11.0 Å². The van der Waals surface area contributed by atoms with E-state index in [1.807, 2.05) is 0 Å². The molecule has 1 heterocycles. The molecule has 3 nitrogen and oxygen atoms in total. The quantitative estimate of drug-likeness (QED) is 0.911. The van der Waals surface area contributed by atoms with E-state index < -0.39 is 11.6 Å². The molecule has 1 fully saturated rings. The summed E-state index contributed by atoms with van der Waals surface area (Å²) in [5.41, 5.74) is 7.69. The van der Waals surface area contributed by atoms with Crippen molar-refractivity contribution >= 4 is 5.82 Å². The Bertz CT molecular complexity index is 710. The van der Waals surface area contributed by atoms with Gasteiger partial charge in [-0.1, -0.05) is 0 Å². The Morgan fingerprint density at radius 3 is 2.35 bits per heavy atom. The van der Waals surface area contributed by atoms with Gasteiger partial charge >= 0.3 is 0 Å². The normalized spacial score (nSPS) is 14.1. The third-order valence-corrected chi connectivity index (χ3v) is 3.37. The van der Waals surface area contributed by atoms with E-state index >= 15 is 0 Å². The lowest BCUT2D eigenvalue weighted by Crippen LogP contribution is -2.01. The number of hydrogen-bond acceptors (Lipinski definition) is 3. The number of benzene rings is 1. The van der Waals surface area contributed by atoms with Crippen molar-refractivity contribution in [3.05, 3.63) is 47.0 Å². The number of nitrogen functional groups attached to an aromatic ring is 1. The van der Waals surface area contributed by atoms with Crippen LogP contribution in [0.5, 0.6) is 0 Å². The second-order valence-electron chi connectivity index (χ2n) is 4.90. The van der Waals surface area contributed by atoms with Crippen molar-refractivity contribution in [1.29, 1.82) is 5.26 Å². The fourth-order valence-corrected chi connectivity index (χ4v) is 2.27. The summed E-state index contributed by atoms with van der Waals surface area (Å²) < 4.78 is 26.6.